The highest BCUT2D eigenvalue weighted by Gasteiger charge is 2.23. The molecule has 0 saturated carbocycles. The molecule has 0 fully saturated rings. The maximum Gasteiger partial charge on any atom is 0.259 e. The van der Waals surface area contributed by atoms with Gasteiger partial charge in [-0.1, -0.05) is 6.92 Å². The average Bonchev–Trinajstić information content (AvgIpc) is 2.89. The predicted molar refractivity (Wildman–Crippen MR) is 109 cm³/mol. The Morgan fingerprint density at radius 3 is 2.89 bits per heavy atom. The minimum absolute atomic E-state index is 0.0351. The van der Waals surface area contributed by atoms with E-state index in [2.05, 4.69) is 11.9 Å². The van der Waals surface area contributed by atoms with Crippen LogP contribution in [0.5, 0.6) is 0 Å². The molecule has 0 bridgehead atoms. The number of nitrogens with zero attached hydrogens (tertiary/aromatic N) is 2. The normalized spacial score (nSPS) is 18.9. The van der Waals surface area contributed by atoms with Crippen LogP contribution in [0.2, 0.25) is 0 Å². The van der Waals surface area contributed by atoms with Gasteiger partial charge in [0.05, 0.1) is 30.2 Å². The van der Waals surface area contributed by atoms with Gasteiger partial charge in [-0.05, 0) is 58.6 Å². The molecule has 2 aromatic heterocycles. The van der Waals surface area contributed by atoms with Crippen molar-refractivity contribution in [3.8, 4) is 0 Å². The number of nitrogens with one attached hydrogen (secondary N) is 1. The number of aliphatic hydroxyl groups is 1. The Morgan fingerprint density at radius 1 is 1.44 bits per heavy atom. The van der Waals surface area contributed by atoms with Gasteiger partial charge in [0, 0.05) is 11.4 Å². The van der Waals surface area contributed by atoms with Gasteiger partial charge in [0.1, 0.15) is 10.7 Å². The highest BCUT2D eigenvalue weighted by Crippen LogP contribution is 2.35. The van der Waals surface area contributed by atoms with Gasteiger partial charge in [0.2, 0.25) is 0 Å². The molecule has 150 valence electrons. The standard InChI is InChI=1S/C20H31N3O3S/c1-12-6-7-14-15(8-12)27-19-17(14)18(25)21-16(22-19)10-23(5)9-13(24)11-26-20(2,3)4/h12-13,24H,6-11H2,1-5H3,(H,21,22,25). The van der Waals surface area contributed by atoms with Crippen LogP contribution in [0.1, 0.15) is 50.4 Å². The highest BCUT2D eigenvalue weighted by atomic mass is 32.1. The number of ether oxygens (including phenoxy) is 1. The summed E-state index contributed by atoms with van der Waals surface area (Å²) < 4.78 is 5.63. The topological polar surface area (TPSA) is 78.5 Å². The van der Waals surface area contributed by atoms with E-state index in [1.54, 1.807) is 11.3 Å². The second kappa shape index (κ2) is 7.99. The summed E-state index contributed by atoms with van der Waals surface area (Å²) in [7, 11) is 1.91. The van der Waals surface area contributed by atoms with Crippen LogP contribution in [-0.2, 0) is 24.1 Å². The molecule has 27 heavy (non-hydrogen) atoms. The van der Waals surface area contributed by atoms with Crippen molar-refractivity contribution in [1.29, 1.82) is 0 Å². The Labute approximate surface area is 164 Å². The van der Waals surface area contributed by atoms with Crippen LogP contribution in [0.4, 0.5) is 0 Å². The van der Waals surface area contributed by atoms with Crippen LogP contribution in [0, 0.1) is 5.92 Å². The number of likely N-dealkylation sites (N-methyl/N-ethyl adjacent to an activating group) is 1. The lowest BCUT2D eigenvalue weighted by Crippen LogP contribution is -2.35. The van der Waals surface area contributed by atoms with E-state index in [0.29, 0.717) is 24.8 Å². The maximum absolute atomic E-state index is 12.7. The maximum atomic E-state index is 12.7. The summed E-state index contributed by atoms with van der Waals surface area (Å²) >= 11 is 1.66. The van der Waals surface area contributed by atoms with Gasteiger partial charge >= 0.3 is 0 Å². The third kappa shape index (κ3) is 5.16. The van der Waals surface area contributed by atoms with Crippen LogP contribution in [-0.4, -0.2) is 51.9 Å². The summed E-state index contributed by atoms with van der Waals surface area (Å²) in [6.45, 7) is 9.39. The highest BCUT2D eigenvalue weighted by molar-refractivity contribution is 7.18. The number of aromatic nitrogens is 2. The number of hydrogen-bond acceptors (Lipinski definition) is 6. The van der Waals surface area contributed by atoms with Crippen LogP contribution in [0.3, 0.4) is 0 Å². The summed E-state index contributed by atoms with van der Waals surface area (Å²) in [5.74, 6) is 1.32. The number of thiophene rings is 1. The van der Waals surface area contributed by atoms with Crippen molar-refractivity contribution in [3.05, 3.63) is 26.6 Å². The summed E-state index contributed by atoms with van der Waals surface area (Å²) in [6, 6.07) is 0. The molecule has 1 aliphatic rings. The smallest absolute Gasteiger partial charge is 0.259 e. The summed E-state index contributed by atoms with van der Waals surface area (Å²) in [5.41, 5.74) is 0.899. The van der Waals surface area contributed by atoms with Crippen LogP contribution in [0.15, 0.2) is 4.79 Å². The summed E-state index contributed by atoms with van der Waals surface area (Å²) in [5, 5.41) is 10.9. The second-order valence-electron chi connectivity index (χ2n) is 8.82. The second-order valence-corrected chi connectivity index (χ2v) is 9.90. The number of fused-ring (bicyclic) bond motifs is 3. The zero-order chi connectivity index (χ0) is 19.8. The molecule has 0 spiro atoms. The van der Waals surface area contributed by atoms with Crippen molar-refractivity contribution in [3.63, 3.8) is 0 Å². The number of rotatable bonds is 6. The van der Waals surface area contributed by atoms with Crippen molar-refractivity contribution in [2.75, 3.05) is 20.2 Å². The lowest BCUT2D eigenvalue weighted by Gasteiger charge is -2.24. The molecular formula is C20H31N3O3S. The van der Waals surface area contributed by atoms with Crippen LogP contribution >= 0.6 is 11.3 Å². The molecule has 0 saturated heterocycles. The largest absolute Gasteiger partial charge is 0.389 e. The monoisotopic (exact) mass is 393 g/mol. The van der Waals surface area contributed by atoms with Gasteiger partial charge in [-0.2, -0.15) is 0 Å². The number of H-pyrrole nitrogens is 1. The number of aliphatic hydroxyl groups excluding tert-OH is 1. The molecule has 0 aliphatic heterocycles. The zero-order valence-corrected chi connectivity index (χ0v) is 17.8. The molecule has 1 aliphatic carbocycles. The van der Waals surface area contributed by atoms with Gasteiger partial charge in [-0.15, -0.1) is 11.3 Å². The van der Waals surface area contributed by atoms with Gasteiger partial charge in [0.15, 0.2) is 0 Å². The minimum Gasteiger partial charge on any atom is -0.389 e. The van der Waals surface area contributed by atoms with Crippen molar-refractivity contribution >= 4 is 21.6 Å². The number of hydrogen-bond donors (Lipinski definition) is 2. The lowest BCUT2D eigenvalue weighted by atomic mass is 9.89. The van der Waals surface area contributed by atoms with Gasteiger partial charge in [-0.25, -0.2) is 4.98 Å². The van der Waals surface area contributed by atoms with Gasteiger partial charge in [-0.3, -0.25) is 9.69 Å². The first-order chi connectivity index (χ1) is 12.6. The third-order valence-corrected chi connectivity index (χ3v) is 6.01. The van der Waals surface area contributed by atoms with Crippen molar-refractivity contribution in [2.45, 2.75) is 65.2 Å². The van der Waals surface area contributed by atoms with E-state index in [9.17, 15) is 9.90 Å². The number of aryl methyl sites for hydroxylation is 1. The predicted octanol–water partition coefficient (Wildman–Crippen LogP) is 2.72. The lowest BCUT2D eigenvalue weighted by molar-refractivity contribution is -0.0551. The fourth-order valence-electron chi connectivity index (χ4n) is 3.55. The minimum atomic E-state index is -0.583. The molecule has 6 nitrogen and oxygen atoms in total. The third-order valence-electron chi connectivity index (χ3n) is 4.87. The SMILES string of the molecule is CC1CCc2c(sc3nc(CN(C)CC(O)COC(C)(C)C)[nH]c(=O)c23)C1. The summed E-state index contributed by atoms with van der Waals surface area (Å²) in [6.07, 6.45) is 2.57. The Morgan fingerprint density at radius 2 is 2.19 bits per heavy atom. The van der Waals surface area contributed by atoms with E-state index in [0.717, 1.165) is 29.5 Å². The Balaban J connectivity index is 1.69. The zero-order valence-electron chi connectivity index (χ0n) is 17.0. The Kier molecular flexibility index (Phi) is 6.05. The Bertz CT molecular complexity index is 852. The molecule has 2 unspecified atom stereocenters. The van der Waals surface area contributed by atoms with Crippen molar-refractivity contribution in [2.24, 2.45) is 5.92 Å². The van der Waals surface area contributed by atoms with E-state index in [1.165, 1.54) is 10.4 Å². The van der Waals surface area contributed by atoms with Gasteiger partial charge in [0.25, 0.3) is 5.56 Å². The molecule has 2 aromatic rings. The summed E-state index contributed by atoms with van der Waals surface area (Å²) in [4.78, 5) is 24.4. The molecule has 2 N–H and O–H groups in total. The van der Waals surface area contributed by atoms with E-state index in [1.807, 2.05) is 32.7 Å². The Hall–Kier alpha value is -1.28. The first kappa shape index (κ1) is 20.5. The van der Waals surface area contributed by atoms with Crippen molar-refractivity contribution < 1.29 is 9.84 Å². The fraction of sp³-hybridized carbons (Fsp3) is 0.700. The molecule has 2 atom stereocenters. The van der Waals surface area contributed by atoms with Crippen LogP contribution < -0.4 is 5.56 Å². The molecule has 0 aromatic carbocycles. The quantitative estimate of drug-likeness (QED) is 0.789. The van der Waals surface area contributed by atoms with Crippen LogP contribution in [0.25, 0.3) is 10.2 Å². The number of aromatic amines is 1. The first-order valence-corrected chi connectivity index (χ1v) is 10.5. The molecule has 3 rings (SSSR count). The van der Waals surface area contributed by atoms with Crippen molar-refractivity contribution in [1.82, 2.24) is 14.9 Å². The average molecular weight is 394 g/mol. The fourth-order valence-corrected chi connectivity index (χ4v) is 4.95. The van der Waals surface area contributed by atoms with E-state index < -0.39 is 6.10 Å². The van der Waals surface area contributed by atoms with E-state index in [4.69, 9.17) is 9.72 Å². The molecule has 0 radical (unpaired) electrons. The van der Waals surface area contributed by atoms with E-state index >= 15 is 0 Å². The van der Waals surface area contributed by atoms with Gasteiger partial charge < -0.3 is 14.8 Å². The molecule has 7 heteroatoms. The molecule has 2 heterocycles. The molecule has 0 amide bonds. The van der Waals surface area contributed by atoms with E-state index in [-0.39, 0.29) is 17.8 Å². The molecular weight excluding hydrogens is 362 g/mol. The first-order valence-electron chi connectivity index (χ1n) is 9.66.